The van der Waals surface area contributed by atoms with Crippen molar-refractivity contribution >= 4 is 0 Å². The highest BCUT2D eigenvalue weighted by Gasteiger charge is 2.29. The zero-order valence-corrected chi connectivity index (χ0v) is 15.7. The average Bonchev–Trinajstić information content (AvgIpc) is 3.38. The van der Waals surface area contributed by atoms with Crippen molar-refractivity contribution in [3.8, 4) is 11.4 Å². The molecule has 0 atom stereocenters. The van der Waals surface area contributed by atoms with Crippen LogP contribution < -0.4 is 0 Å². The molecule has 1 aliphatic rings. The van der Waals surface area contributed by atoms with Crippen LogP contribution in [-0.4, -0.2) is 35.0 Å². The van der Waals surface area contributed by atoms with Crippen molar-refractivity contribution in [1.29, 1.82) is 0 Å². The van der Waals surface area contributed by atoms with E-state index >= 15 is 0 Å². The molecule has 7 heteroatoms. The number of tetrazole rings is 1. The molecule has 28 heavy (non-hydrogen) atoms. The highest BCUT2D eigenvalue weighted by atomic mass is 15.5. The zero-order valence-electron chi connectivity index (χ0n) is 15.7. The smallest absolute Gasteiger partial charge is 0.158 e. The summed E-state index contributed by atoms with van der Waals surface area (Å²) in [6, 6.07) is 18.8. The summed E-state index contributed by atoms with van der Waals surface area (Å²) in [4.78, 5) is 4.87. The molecule has 0 N–H and O–H groups in total. The van der Waals surface area contributed by atoms with Crippen molar-refractivity contribution < 1.29 is 0 Å². The molecular formula is C21H21N7. The fraction of sp³-hybridized carbons (Fsp3) is 0.286. The molecule has 1 fully saturated rings. The third kappa shape index (κ3) is 3.43. The summed E-state index contributed by atoms with van der Waals surface area (Å²) in [6.45, 7) is 3.28. The van der Waals surface area contributed by atoms with Gasteiger partial charge in [0.25, 0.3) is 0 Å². The second-order valence-corrected chi connectivity index (χ2v) is 7.29. The minimum absolute atomic E-state index is 0.526. The van der Waals surface area contributed by atoms with Gasteiger partial charge in [-0.2, -0.15) is 5.10 Å². The van der Waals surface area contributed by atoms with Crippen LogP contribution in [0.15, 0.2) is 54.6 Å². The van der Waals surface area contributed by atoms with Crippen LogP contribution in [0.5, 0.6) is 0 Å². The molecule has 1 saturated carbocycles. The largest absolute Gasteiger partial charge is 0.241 e. The van der Waals surface area contributed by atoms with Gasteiger partial charge in [0, 0.05) is 11.5 Å². The quantitative estimate of drug-likeness (QED) is 0.520. The molecule has 0 radical (unpaired) electrons. The number of hydrogen-bond acceptors (Lipinski definition) is 5. The van der Waals surface area contributed by atoms with E-state index in [-0.39, 0.29) is 0 Å². The molecule has 0 bridgehead atoms. The van der Waals surface area contributed by atoms with Gasteiger partial charge in [-0.05, 0) is 41.3 Å². The Morgan fingerprint density at radius 1 is 0.893 bits per heavy atom. The van der Waals surface area contributed by atoms with Crippen LogP contribution in [0.1, 0.15) is 41.5 Å². The fourth-order valence-corrected chi connectivity index (χ4v) is 3.28. The number of aromatic nitrogens is 7. The van der Waals surface area contributed by atoms with Crippen molar-refractivity contribution in [3.05, 3.63) is 77.4 Å². The summed E-state index contributed by atoms with van der Waals surface area (Å²) in [7, 11) is 0. The number of benzene rings is 2. The van der Waals surface area contributed by atoms with Crippen LogP contribution in [0, 0.1) is 6.92 Å². The van der Waals surface area contributed by atoms with E-state index in [1.807, 2.05) is 17.7 Å². The number of hydrogen-bond donors (Lipinski definition) is 0. The number of aryl methyl sites for hydroxylation is 1. The van der Waals surface area contributed by atoms with Crippen molar-refractivity contribution in [2.45, 2.75) is 38.8 Å². The van der Waals surface area contributed by atoms with Crippen LogP contribution in [0.25, 0.3) is 11.4 Å². The molecular weight excluding hydrogens is 350 g/mol. The lowest BCUT2D eigenvalue weighted by Crippen LogP contribution is -2.05. The van der Waals surface area contributed by atoms with Crippen LogP contribution in [0.2, 0.25) is 0 Å². The topological polar surface area (TPSA) is 74.3 Å². The molecule has 0 saturated heterocycles. The first kappa shape index (κ1) is 16.8. The van der Waals surface area contributed by atoms with Crippen molar-refractivity contribution in [3.63, 3.8) is 0 Å². The Balaban J connectivity index is 1.43. The molecule has 140 valence electrons. The SMILES string of the molecule is Cc1nnnn1Cc1ccc(-c2nc(C3CC3)nn2Cc2ccccc2)cc1. The van der Waals surface area contributed by atoms with Crippen molar-refractivity contribution in [2.24, 2.45) is 0 Å². The molecule has 5 rings (SSSR count). The maximum absolute atomic E-state index is 4.87. The summed E-state index contributed by atoms with van der Waals surface area (Å²) in [5, 5.41) is 16.5. The summed E-state index contributed by atoms with van der Waals surface area (Å²) < 4.78 is 3.82. The first-order valence-corrected chi connectivity index (χ1v) is 9.57. The van der Waals surface area contributed by atoms with Gasteiger partial charge in [-0.15, -0.1) is 5.10 Å². The molecule has 2 heterocycles. The average molecular weight is 371 g/mol. The monoisotopic (exact) mass is 371 g/mol. The van der Waals surface area contributed by atoms with E-state index in [2.05, 4.69) is 64.1 Å². The Bertz CT molecular complexity index is 1080. The lowest BCUT2D eigenvalue weighted by molar-refractivity contribution is 0.633. The third-order valence-corrected chi connectivity index (χ3v) is 5.06. The Labute approximate surface area is 163 Å². The van der Waals surface area contributed by atoms with Crippen LogP contribution in [-0.2, 0) is 13.1 Å². The van der Waals surface area contributed by atoms with E-state index in [0.29, 0.717) is 12.5 Å². The maximum atomic E-state index is 4.87. The molecule has 0 spiro atoms. The zero-order chi connectivity index (χ0) is 18.9. The van der Waals surface area contributed by atoms with Crippen LogP contribution in [0.4, 0.5) is 0 Å². The first-order chi connectivity index (χ1) is 13.8. The van der Waals surface area contributed by atoms with Gasteiger partial charge in [0.1, 0.15) is 5.82 Å². The normalized spacial score (nSPS) is 13.8. The Morgan fingerprint density at radius 3 is 2.29 bits per heavy atom. The van der Waals surface area contributed by atoms with E-state index in [0.717, 1.165) is 35.1 Å². The van der Waals surface area contributed by atoms with Gasteiger partial charge in [0.2, 0.25) is 0 Å². The van der Waals surface area contributed by atoms with Gasteiger partial charge < -0.3 is 0 Å². The molecule has 4 aromatic rings. The number of nitrogens with zero attached hydrogens (tertiary/aromatic N) is 7. The maximum Gasteiger partial charge on any atom is 0.158 e. The number of rotatable bonds is 6. The minimum atomic E-state index is 0.526. The van der Waals surface area contributed by atoms with Gasteiger partial charge in [-0.3, -0.25) is 0 Å². The summed E-state index contributed by atoms with van der Waals surface area (Å²) in [6.07, 6.45) is 2.39. The highest BCUT2D eigenvalue weighted by molar-refractivity contribution is 5.56. The van der Waals surface area contributed by atoms with E-state index in [1.54, 1.807) is 4.68 Å². The standard InChI is InChI=1S/C21H21N7/c1-15-23-25-26-27(15)13-17-7-9-19(10-8-17)21-22-20(18-11-12-18)24-28(21)14-16-5-3-2-4-6-16/h2-10,18H,11-14H2,1H3. The second kappa shape index (κ2) is 6.99. The Kier molecular flexibility index (Phi) is 4.20. The fourth-order valence-electron chi connectivity index (χ4n) is 3.28. The predicted octanol–water partition coefficient (Wildman–Crippen LogP) is 3.21. The van der Waals surface area contributed by atoms with E-state index < -0.39 is 0 Å². The van der Waals surface area contributed by atoms with Gasteiger partial charge >= 0.3 is 0 Å². The van der Waals surface area contributed by atoms with Gasteiger partial charge in [0.15, 0.2) is 11.6 Å². The molecule has 7 nitrogen and oxygen atoms in total. The molecule has 0 aliphatic heterocycles. The Morgan fingerprint density at radius 2 is 1.61 bits per heavy atom. The predicted molar refractivity (Wildman–Crippen MR) is 105 cm³/mol. The first-order valence-electron chi connectivity index (χ1n) is 9.57. The van der Waals surface area contributed by atoms with E-state index in [4.69, 9.17) is 10.1 Å². The van der Waals surface area contributed by atoms with Crippen LogP contribution >= 0.6 is 0 Å². The van der Waals surface area contributed by atoms with Gasteiger partial charge in [-0.25, -0.2) is 14.3 Å². The van der Waals surface area contributed by atoms with Crippen molar-refractivity contribution in [2.75, 3.05) is 0 Å². The summed E-state index contributed by atoms with van der Waals surface area (Å²) in [5.41, 5.74) is 3.45. The minimum Gasteiger partial charge on any atom is -0.241 e. The lowest BCUT2D eigenvalue weighted by Gasteiger charge is -2.07. The third-order valence-electron chi connectivity index (χ3n) is 5.06. The van der Waals surface area contributed by atoms with Crippen LogP contribution in [0.3, 0.4) is 0 Å². The molecule has 2 aromatic carbocycles. The second-order valence-electron chi connectivity index (χ2n) is 7.29. The van der Waals surface area contributed by atoms with Crippen molar-refractivity contribution in [1.82, 2.24) is 35.0 Å². The molecule has 0 unspecified atom stereocenters. The summed E-state index contributed by atoms with van der Waals surface area (Å²) >= 11 is 0. The van der Waals surface area contributed by atoms with E-state index in [9.17, 15) is 0 Å². The molecule has 1 aliphatic carbocycles. The van der Waals surface area contributed by atoms with E-state index in [1.165, 1.54) is 18.4 Å². The summed E-state index contributed by atoms with van der Waals surface area (Å²) in [5.74, 6) is 3.23. The highest BCUT2D eigenvalue weighted by Crippen LogP contribution is 2.39. The Hall–Kier alpha value is -3.35. The van der Waals surface area contributed by atoms with Gasteiger partial charge in [-0.1, -0.05) is 54.6 Å². The lowest BCUT2D eigenvalue weighted by atomic mass is 10.1. The molecule has 2 aromatic heterocycles. The molecule has 0 amide bonds. The van der Waals surface area contributed by atoms with Gasteiger partial charge in [0.05, 0.1) is 13.1 Å².